The van der Waals surface area contributed by atoms with E-state index in [1.807, 2.05) is 0 Å². The van der Waals surface area contributed by atoms with Crippen molar-refractivity contribution in [3.63, 3.8) is 0 Å². The Morgan fingerprint density at radius 3 is 2.75 bits per heavy atom. The number of nitrogens with zero attached hydrogens (tertiary/aromatic N) is 1. The van der Waals surface area contributed by atoms with Crippen LogP contribution < -0.4 is 5.32 Å². The molecule has 1 fully saturated rings. The van der Waals surface area contributed by atoms with Crippen molar-refractivity contribution in [3.8, 4) is 0 Å². The summed E-state index contributed by atoms with van der Waals surface area (Å²) in [6.07, 6.45) is 2.77. The highest BCUT2D eigenvalue weighted by Gasteiger charge is 2.25. The Hall–Kier alpha value is -0.860. The van der Waals surface area contributed by atoms with E-state index in [1.54, 1.807) is 0 Å². The van der Waals surface area contributed by atoms with Crippen LogP contribution in [0.2, 0.25) is 0 Å². The van der Waals surface area contributed by atoms with Gasteiger partial charge in [-0.15, -0.1) is 0 Å². The summed E-state index contributed by atoms with van der Waals surface area (Å²) in [6, 6.07) is 9.76. The molecule has 0 unspecified atom stereocenters. The molecule has 0 heterocycles. The average molecular weight is 218 g/mol. The molecule has 1 N–H and O–H groups in total. The van der Waals surface area contributed by atoms with Crippen LogP contribution in [0.5, 0.6) is 0 Å². The van der Waals surface area contributed by atoms with Gasteiger partial charge in [-0.3, -0.25) is 4.90 Å². The minimum atomic E-state index is 0.845. The van der Waals surface area contributed by atoms with E-state index in [2.05, 4.69) is 48.5 Å². The molecule has 2 heteroatoms. The summed E-state index contributed by atoms with van der Waals surface area (Å²) in [5.74, 6) is 0. The molecule has 1 aliphatic rings. The van der Waals surface area contributed by atoms with Gasteiger partial charge in [0.15, 0.2) is 0 Å². The zero-order valence-corrected chi connectivity index (χ0v) is 10.4. The molecule has 88 valence electrons. The second-order valence-corrected chi connectivity index (χ2v) is 4.75. The van der Waals surface area contributed by atoms with Crippen molar-refractivity contribution in [2.75, 3.05) is 13.6 Å². The van der Waals surface area contributed by atoms with E-state index >= 15 is 0 Å². The summed E-state index contributed by atoms with van der Waals surface area (Å²) >= 11 is 0. The van der Waals surface area contributed by atoms with Crippen LogP contribution in [0, 0.1) is 0 Å². The van der Waals surface area contributed by atoms with E-state index in [9.17, 15) is 0 Å². The second-order valence-electron chi connectivity index (χ2n) is 4.75. The van der Waals surface area contributed by atoms with E-state index in [1.165, 1.54) is 24.0 Å². The lowest BCUT2D eigenvalue weighted by molar-refractivity contribution is 0.316. The smallest absolute Gasteiger partial charge is 0.0233 e. The molecular weight excluding hydrogens is 196 g/mol. The molecule has 0 bridgehead atoms. The highest BCUT2D eigenvalue weighted by Crippen LogP contribution is 2.26. The van der Waals surface area contributed by atoms with Gasteiger partial charge in [0.2, 0.25) is 0 Å². The molecule has 16 heavy (non-hydrogen) atoms. The van der Waals surface area contributed by atoms with Gasteiger partial charge in [0.1, 0.15) is 0 Å². The average Bonchev–Trinajstić information content (AvgIpc) is 3.10. The number of rotatable bonds is 6. The first kappa shape index (κ1) is 11.6. The highest BCUT2D eigenvalue weighted by molar-refractivity contribution is 5.23. The van der Waals surface area contributed by atoms with E-state index in [0.717, 1.165) is 25.7 Å². The summed E-state index contributed by atoms with van der Waals surface area (Å²) in [7, 11) is 2.23. The molecule has 0 saturated heterocycles. The van der Waals surface area contributed by atoms with Crippen LogP contribution in [0.25, 0.3) is 0 Å². The van der Waals surface area contributed by atoms with Gasteiger partial charge in [-0.25, -0.2) is 0 Å². The topological polar surface area (TPSA) is 15.3 Å². The summed E-state index contributed by atoms with van der Waals surface area (Å²) in [6.45, 7) is 5.25. The Balaban J connectivity index is 1.92. The quantitative estimate of drug-likeness (QED) is 0.788. The van der Waals surface area contributed by atoms with Crippen molar-refractivity contribution in [3.05, 3.63) is 35.4 Å². The van der Waals surface area contributed by atoms with Crippen molar-refractivity contribution in [1.29, 1.82) is 0 Å². The first-order valence-corrected chi connectivity index (χ1v) is 6.28. The monoisotopic (exact) mass is 218 g/mol. The number of hydrogen-bond acceptors (Lipinski definition) is 2. The Morgan fingerprint density at radius 1 is 1.31 bits per heavy atom. The fourth-order valence-corrected chi connectivity index (χ4v) is 2.04. The van der Waals surface area contributed by atoms with Crippen LogP contribution in [0.1, 0.15) is 30.9 Å². The summed E-state index contributed by atoms with van der Waals surface area (Å²) in [5, 5.41) is 3.37. The molecule has 1 aromatic carbocycles. The number of hydrogen-bond donors (Lipinski definition) is 1. The Morgan fingerprint density at radius 2 is 2.06 bits per heavy atom. The molecule has 0 radical (unpaired) electrons. The Kier molecular flexibility index (Phi) is 3.97. The van der Waals surface area contributed by atoms with Crippen LogP contribution in [0.4, 0.5) is 0 Å². The lowest BCUT2D eigenvalue weighted by Crippen LogP contribution is -2.20. The molecule has 1 aliphatic carbocycles. The summed E-state index contributed by atoms with van der Waals surface area (Å²) in [4.78, 5) is 2.46. The van der Waals surface area contributed by atoms with Gasteiger partial charge >= 0.3 is 0 Å². The molecule has 1 saturated carbocycles. The van der Waals surface area contributed by atoms with Crippen LogP contribution >= 0.6 is 0 Å². The second kappa shape index (κ2) is 5.46. The van der Waals surface area contributed by atoms with Gasteiger partial charge in [-0.05, 0) is 37.6 Å². The predicted octanol–water partition coefficient (Wildman–Crippen LogP) is 2.39. The molecular formula is C14H22N2. The van der Waals surface area contributed by atoms with Gasteiger partial charge in [-0.2, -0.15) is 0 Å². The maximum absolute atomic E-state index is 3.37. The third-order valence-corrected chi connectivity index (χ3v) is 3.17. The van der Waals surface area contributed by atoms with Gasteiger partial charge in [0.25, 0.3) is 0 Å². The number of benzene rings is 1. The van der Waals surface area contributed by atoms with Crippen molar-refractivity contribution >= 4 is 0 Å². The molecule has 0 amide bonds. The molecule has 2 nitrogen and oxygen atoms in total. The molecule has 2 rings (SSSR count). The third kappa shape index (κ3) is 3.32. The minimum absolute atomic E-state index is 0.845. The summed E-state index contributed by atoms with van der Waals surface area (Å²) < 4.78 is 0. The zero-order valence-electron chi connectivity index (χ0n) is 10.4. The third-order valence-electron chi connectivity index (χ3n) is 3.17. The van der Waals surface area contributed by atoms with Crippen molar-refractivity contribution in [2.24, 2.45) is 0 Å². The van der Waals surface area contributed by atoms with Gasteiger partial charge in [0, 0.05) is 19.1 Å². The van der Waals surface area contributed by atoms with Crippen molar-refractivity contribution in [2.45, 2.75) is 38.9 Å². The molecule has 0 spiro atoms. The van der Waals surface area contributed by atoms with Crippen LogP contribution in [-0.4, -0.2) is 24.5 Å². The van der Waals surface area contributed by atoms with Gasteiger partial charge < -0.3 is 5.32 Å². The standard InChI is InChI=1S/C14H22N2/c1-3-15-10-12-5-4-6-13(9-12)11-16(2)14-7-8-14/h4-6,9,14-15H,3,7-8,10-11H2,1-2H3. The fourth-order valence-electron chi connectivity index (χ4n) is 2.04. The largest absolute Gasteiger partial charge is 0.313 e. The van der Waals surface area contributed by atoms with E-state index < -0.39 is 0 Å². The SMILES string of the molecule is CCNCc1cccc(CN(C)C2CC2)c1. The lowest BCUT2D eigenvalue weighted by atomic mass is 10.1. The van der Waals surface area contributed by atoms with Crippen molar-refractivity contribution < 1.29 is 0 Å². The Bertz CT molecular complexity index is 331. The minimum Gasteiger partial charge on any atom is -0.313 e. The zero-order chi connectivity index (χ0) is 11.4. The first-order valence-electron chi connectivity index (χ1n) is 6.28. The van der Waals surface area contributed by atoms with Crippen LogP contribution in [0.3, 0.4) is 0 Å². The van der Waals surface area contributed by atoms with E-state index in [4.69, 9.17) is 0 Å². The predicted molar refractivity (Wildman–Crippen MR) is 68.3 cm³/mol. The number of nitrogens with one attached hydrogen (secondary N) is 1. The van der Waals surface area contributed by atoms with Crippen LogP contribution in [0.15, 0.2) is 24.3 Å². The fraction of sp³-hybridized carbons (Fsp3) is 0.571. The lowest BCUT2D eigenvalue weighted by Gasteiger charge is -2.16. The van der Waals surface area contributed by atoms with Crippen LogP contribution in [-0.2, 0) is 13.1 Å². The van der Waals surface area contributed by atoms with Gasteiger partial charge in [-0.1, -0.05) is 31.2 Å². The van der Waals surface area contributed by atoms with E-state index in [-0.39, 0.29) is 0 Å². The first-order chi connectivity index (χ1) is 7.79. The summed E-state index contributed by atoms with van der Waals surface area (Å²) in [5.41, 5.74) is 2.83. The Labute approximate surface area is 98.7 Å². The van der Waals surface area contributed by atoms with Crippen molar-refractivity contribution in [1.82, 2.24) is 10.2 Å². The maximum Gasteiger partial charge on any atom is 0.0233 e. The molecule has 0 aliphatic heterocycles. The molecule has 0 aromatic heterocycles. The highest BCUT2D eigenvalue weighted by atomic mass is 15.1. The molecule has 1 aromatic rings. The molecule has 0 atom stereocenters. The van der Waals surface area contributed by atoms with E-state index in [0.29, 0.717) is 0 Å². The van der Waals surface area contributed by atoms with Gasteiger partial charge in [0.05, 0.1) is 0 Å². The maximum atomic E-state index is 3.37. The normalized spacial score (nSPS) is 15.7.